The van der Waals surface area contributed by atoms with Gasteiger partial charge >= 0.3 is 0 Å². The highest BCUT2D eigenvalue weighted by Crippen LogP contribution is 2.27. The van der Waals surface area contributed by atoms with Gasteiger partial charge in [0.2, 0.25) is 0 Å². The van der Waals surface area contributed by atoms with E-state index in [-0.39, 0.29) is 11.3 Å². The molecule has 0 aliphatic carbocycles. The monoisotopic (exact) mass is 272 g/mol. The number of phenols is 1. The molecular formula is C16H16O4. The average molecular weight is 272 g/mol. The van der Waals surface area contributed by atoms with Crippen molar-refractivity contribution in [2.45, 2.75) is 13.5 Å². The number of aromatic hydroxyl groups is 1. The molecule has 0 aliphatic rings. The lowest BCUT2D eigenvalue weighted by atomic mass is 10.1. The predicted octanol–water partition coefficient (Wildman–Crippen LogP) is 3.10. The van der Waals surface area contributed by atoms with E-state index in [4.69, 9.17) is 9.47 Å². The van der Waals surface area contributed by atoms with Crippen molar-refractivity contribution in [2.75, 3.05) is 7.11 Å². The third-order valence-electron chi connectivity index (χ3n) is 3.00. The van der Waals surface area contributed by atoms with Crippen LogP contribution in [0.1, 0.15) is 21.5 Å². The third kappa shape index (κ3) is 3.09. The first-order chi connectivity index (χ1) is 9.63. The molecule has 0 atom stereocenters. The van der Waals surface area contributed by atoms with Gasteiger partial charge in [-0.25, -0.2) is 0 Å². The second-order valence-electron chi connectivity index (χ2n) is 4.43. The zero-order chi connectivity index (χ0) is 14.5. The summed E-state index contributed by atoms with van der Waals surface area (Å²) in [5.74, 6) is 1.28. The minimum absolute atomic E-state index is 0.0738. The Morgan fingerprint density at radius 1 is 1.20 bits per heavy atom. The van der Waals surface area contributed by atoms with Crippen LogP contribution in [0.5, 0.6) is 17.2 Å². The number of aldehydes is 1. The molecular weight excluding hydrogens is 256 g/mol. The lowest BCUT2D eigenvalue weighted by Gasteiger charge is -2.11. The molecule has 104 valence electrons. The van der Waals surface area contributed by atoms with Crippen molar-refractivity contribution in [1.82, 2.24) is 0 Å². The number of aryl methyl sites for hydroxylation is 1. The van der Waals surface area contributed by atoms with Crippen LogP contribution in [0.2, 0.25) is 0 Å². The number of carbonyl (C=O) groups excluding carboxylic acids is 1. The van der Waals surface area contributed by atoms with Crippen LogP contribution in [0.15, 0.2) is 36.4 Å². The lowest BCUT2D eigenvalue weighted by molar-refractivity contribution is 0.112. The van der Waals surface area contributed by atoms with E-state index in [2.05, 4.69) is 0 Å². The van der Waals surface area contributed by atoms with Gasteiger partial charge in [0.25, 0.3) is 0 Å². The van der Waals surface area contributed by atoms with Gasteiger partial charge in [-0.3, -0.25) is 4.79 Å². The minimum Gasteiger partial charge on any atom is -0.507 e. The zero-order valence-electron chi connectivity index (χ0n) is 11.4. The molecule has 0 aromatic heterocycles. The highest BCUT2D eigenvalue weighted by atomic mass is 16.5. The number of hydrogen-bond acceptors (Lipinski definition) is 4. The highest BCUT2D eigenvalue weighted by Gasteiger charge is 2.07. The number of methoxy groups -OCH3 is 1. The zero-order valence-corrected chi connectivity index (χ0v) is 11.4. The van der Waals surface area contributed by atoms with Gasteiger partial charge in [0.05, 0.1) is 12.7 Å². The van der Waals surface area contributed by atoms with Gasteiger partial charge in [-0.2, -0.15) is 0 Å². The van der Waals surface area contributed by atoms with Crippen molar-refractivity contribution in [1.29, 1.82) is 0 Å². The van der Waals surface area contributed by atoms with Crippen LogP contribution in [0.25, 0.3) is 0 Å². The molecule has 0 fully saturated rings. The summed E-state index contributed by atoms with van der Waals surface area (Å²) >= 11 is 0. The Morgan fingerprint density at radius 3 is 2.50 bits per heavy atom. The minimum atomic E-state index is -0.0738. The molecule has 0 saturated heterocycles. The molecule has 2 aromatic carbocycles. The van der Waals surface area contributed by atoms with Crippen molar-refractivity contribution in [3.63, 3.8) is 0 Å². The van der Waals surface area contributed by atoms with Gasteiger partial charge in [-0.15, -0.1) is 0 Å². The molecule has 0 saturated carbocycles. The van der Waals surface area contributed by atoms with Crippen molar-refractivity contribution in [3.8, 4) is 17.2 Å². The molecule has 0 amide bonds. The Kier molecular flexibility index (Phi) is 4.25. The molecule has 20 heavy (non-hydrogen) atoms. The molecule has 0 bridgehead atoms. The fourth-order valence-electron chi connectivity index (χ4n) is 1.83. The van der Waals surface area contributed by atoms with Crippen molar-refractivity contribution in [2.24, 2.45) is 0 Å². The van der Waals surface area contributed by atoms with Crippen LogP contribution in [-0.4, -0.2) is 18.5 Å². The molecule has 0 radical (unpaired) electrons. The van der Waals surface area contributed by atoms with Crippen molar-refractivity contribution in [3.05, 3.63) is 53.1 Å². The second-order valence-corrected chi connectivity index (χ2v) is 4.43. The maximum Gasteiger partial charge on any atom is 0.153 e. The summed E-state index contributed by atoms with van der Waals surface area (Å²) in [6, 6.07) is 10.6. The fourth-order valence-corrected chi connectivity index (χ4v) is 1.83. The van der Waals surface area contributed by atoms with Crippen LogP contribution in [-0.2, 0) is 6.61 Å². The topological polar surface area (TPSA) is 55.8 Å². The van der Waals surface area contributed by atoms with Crippen LogP contribution < -0.4 is 9.47 Å². The molecule has 0 heterocycles. The normalized spacial score (nSPS) is 10.1. The Morgan fingerprint density at radius 2 is 1.90 bits per heavy atom. The molecule has 0 unspecified atom stereocenters. The van der Waals surface area contributed by atoms with Crippen molar-refractivity contribution >= 4 is 6.29 Å². The summed E-state index contributed by atoms with van der Waals surface area (Å²) in [7, 11) is 1.62. The molecule has 4 nitrogen and oxygen atoms in total. The SMILES string of the molecule is COc1ccc(COc2cc(O)c(C=O)cc2C)cc1. The number of rotatable bonds is 5. The molecule has 1 N–H and O–H groups in total. The van der Waals surface area contributed by atoms with E-state index < -0.39 is 0 Å². The van der Waals surface area contributed by atoms with E-state index >= 15 is 0 Å². The highest BCUT2D eigenvalue weighted by molar-refractivity contribution is 5.80. The smallest absolute Gasteiger partial charge is 0.153 e. The summed E-state index contributed by atoms with van der Waals surface area (Å²) in [5, 5.41) is 9.65. The van der Waals surface area contributed by atoms with Gasteiger partial charge in [0.15, 0.2) is 6.29 Å². The Hall–Kier alpha value is -2.49. The van der Waals surface area contributed by atoms with Crippen LogP contribution in [0, 0.1) is 6.92 Å². The number of ether oxygens (including phenoxy) is 2. The van der Waals surface area contributed by atoms with Gasteiger partial charge in [0.1, 0.15) is 23.9 Å². The Labute approximate surface area is 117 Å². The van der Waals surface area contributed by atoms with Gasteiger partial charge in [-0.1, -0.05) is 12.1 Å². The second kappa shape index (κ2) is 6.10. The Balaban J connectivity index is 2.10. The van der Waals surface area contributed by atoms with Gasteiger partial charge in [0, 0.05) is 6.07 Å². The van der Waals surface area contributed by atoms with E-state index in [0.29, 0.717) is 18.6 Å². The first-order valence-corrected chi connectivity index (χ1v) is 6.18. The standard InChI is InChI=1S/C16H16O4/c1-11-7-13(9-17)15(18)8-16(11)20-10-12-3-5-14(19-2)6-4-12/h3-9,18H,10H2,1-2H3. The lowest BCUT2D eigenvalue weighted by Crippen LogP contribution is -1.98. The molecule has 0 aliphatic heterocycles. The number of carbonyl (C=O) groups is 1. The Bertz CT molecular complexity index is 603. The first-order valence-electron chi connectivity index (χ1n) is 6.18. The quantitative estimate of drug-likeness (QED) is 0.850. The number of hydrogen-bond donors (Lipinski definition) is 1. The summed E-state index contributed by atoms with van der Waals surface area (Å²) in [5.41, 5.74) is 2.06. The maximum absolute atomic E-state index is 10.7. The number of benzene rings is 2. The average Bonchev–Trinajstić information content (AvgIpc) is 2.48. The summed E-state index contributed by atoms with van der Waals surface area (Å²) in [6.07, 6.45) is 0.621. The predicted molar refractivity (Wildman–Crippen MR) is 75.6 cm³/mol. The van der Waals surface area contributed by atoms with Crippen LogP contribution in [0.3, 0.4) is 0 Å². The van der Waals surface area contributed by atoms with Crippen LogP contribution >= 0.6 is 0 Å². The number of phenolic OH excluding ortho intramolecular Hbond substituents is 1. The third-order valence-corrected chi connectivity index (χ3v) is 3.00. The molecule has 2 aromatic rings. The summed E-state index contributed by atoms with van der Waals surface area (Å²) in [4.78, 5) is 10.7. The van der Waals surface area contributed by atoms with E-state index in [1.54, 1.807) is 13.2 Å². The fraction of sp³-hybridized carbons (Fsp3) is 0.188. The van der Waals surface area contributed by atoms with E-state index in [0.717, 1.165) is 16.9 Å². The largest absolute Gasteiger partial charge is 0.507 e. The molecule has 4 heteroatoms. The molecule has 0 spiro atoms. The van der Waals surface area contributed by atoms with E-state index in [1.165, 1.54) is 6.07 Å². The molecule has 2 rings (SSSR count). The van der Waals surface area contributed by atoms with Crippen LogP contribution in [0.4, 0.5) is 0 Å². The van der Waals surface area contributed by atoms with Gasteiger partial charge in [-0.05, 0) is 36.2 Å². The summed E-state index contributed by atoms with van der Waals surface area (Å²) in [6.45, 7) is 2.21. The first kappa shape index (κ1) is 13.9. The van der Waals surface area contributed by atoms with Gasteiger partial charge < -0.3 is 14.6 Å². The summed E-state index contributed by atoms with van der Waals surface area (Å²) < 4.78 is 10.7. The van der Waals surface area contributed by atoms with E-state index in [1.807, 2.05) is 31.2 Å². The van der Waals surface area contributed by atoms with Crippen molar-refractivity contribution < 1.29 is 19.4 Å². The van der Waals surface area contributed by atoms with E-state index in [9.17, 15) is 9.90 Å². The maximum atomic E-state index is 10.7.